The molecule has 5 N–H and O–H groups in total. The molecule has 1 fully saturated rings. The number of nitrogen functional groups attached to an aromatic ring is 2. The molecular weight excluding hydrogens is 992 g/mol. The number of piperidine rings is 1. The molecule has 65 heavy (non-hydrogen) atoms. The highest BCUT2D eigenvalue weighted by Gasteiger charge is 2.24. The van der Waals surface area contributed by atoms with Crippen molar-refractivity contribution in [2.45, 2.75) is 32.0 Å². The standard InChI is InChI=1S/C26H28ClFN6O2.C20H15ClFIN4O2/c1-33-11-8-17(9-12-33)31-25-24-22(36-23-13-19(27)21(29)14-20(23)28)7-10-30-26(24)34(32-25)15-16-3-5-18(35-2)6-4-16;1-28-12-4-2-11(3-5-12)10-27-20-18(19(23)26-27)16(6-7-25-20)29-17-8-13(21)15(24)9-14(17)22/h3-7,10,13-14,17H,8-9,11-12,15,29H2,1-2H3,(H,31,32);2-9H,10,24H2,1H3. The first kappa shape index (κ1) is 45.4. The van der Waals surface area contributed by atoms with E-state index in [-0.39, 0.29) is 39.0 Å². The van der Waals surface area contributed by atoms with E-state index in [1.807, 2.05) is 53.2 Å². The fraction of sp³-hybridized carbons (Fsp3) is 0.217. The van der Waals surface area contributed by atoms with Crippen LogP contribution in [0.2, 0.25) is 10.0 Å². The van der Waals surface area contributed by atoms with Gasteiger partial charge in [0.05, 0.1) is 54.1 Å². The minimum Gasteiger partial charge on any atom is -0.497 e. The van der Waals surface area contributed by atoms with E-state index in [0.29, 0.717) is 56.2 Å². The molecule has 0 radical (unpaired) electrons. The van der Waals surface area contributed by atoms with Crippen LogP contribution in [0, 0.1) is 15.3 Å². The van der Waals surface area contributed by atoms with Gasteiger partial charge in [0.1, 0.15) is 32.1 Å². The van der Waals surface area contributed by atoms with Crippen molar-refractivity contribution in [3.05, 3.63) is 134 Å². The normalized spacial score (nSPS) is 13.1. The second-order valence-electron chi connectivity index (χ2n) is 15.2. The molecule has 8 aromatic rings. The maximum Gasteiger partial charge on any atom is 0.167 e. The fourth-order valence-electron chi connectivity index (χ4n) is 7.22. The van der Waals surface area contributed by atoms with Crippen molar-refractivity contribution in [1.29, 1.82) is 0 Å². The molecule has 19 heteroatoms. The molecule has 0 bridgehead atoms. The molecule has 336 valence electrons. The molecule has 1 aliphatic rings. The summed E-state index contributed by atoms with van der Waals surface area (Å²) in [6.07, 6.45) is 5.20. The van der Waals surface area contributed by atoms with Gasteiger partial charge in [-0.05, 0) is 91.0 Å². The lowest BCUT2D eigenvalue weighted by Crippen LogP contribution is -2.36. The van der Waals surface area contributed by atoms with Crippen molar-refractivity contribution >= 4 is 85.1 Å². The summed E-state index contributed by atoms with van der Waals surface area (Å²) in [5, 5.41) is 14.8. The van der Waals surface area contributed by atoms with E-state index in [9.17, 15) is 8.78 Å². The van der Waals surface area contributed by atoms with Crippen LogP contribution >= 0.6 is 45.8 Å². The van der Waals surface area contributed by atoms with E-state index >= 15 is 0 Å². The van der Waals surface area contributed by atoms with Gasteiger partial charge < -0.3 is 40.6 Å². The van der Waals surface area contributed by atoms with Gasteiger partial charge in [-0.15, -0.1) is 0 Å². The third kappa shape index (κ3) is 10.4. The largest absolute Gasteiger partial charge is 0.497 e. The molecule has 0 aliphatic carbocycles. The number of fused-ring (bicyclic) bond motifs is 2. The quantitative estimate of drug-likeness (QED) is 0.0785. The first-order chi connectivity index (χ1) is 31.4. The van der Waals surface area contributed by atoms with E-state index < -0.39 is 11.6 Å². The van der Waals surface area contributed by atoms with Crippen LogP contribution in [0.1, 0.15) is 24.0 Å². The van der Waals surface area contributed by atoms with Crippen molar-refractivity contribution in [2.24, 2.45) is 0 Å². The Morgan fingerprint density at radius 3 is 1.63 bits per heavy atom. The maximum absolute atomic E-state index is 14.7. The van der Waals surface area contributed by atoms with Gasteiger partial charge in [0.2, 0.25) is 0 Å². The topological polar surface area (TPSA) is 166 Å². The third-order valence-electron chi connectivity index (χ3n) is 10.7. The second kappa shape index (κ2) is 19.9. The smallest absolute Gasteiger partial charge is 0.167 e. The molecule has 0 spiro atoms. The zero-order chi connectivity index (χ0) is 45.8. The molecule has 5 heterocycles. The summed E-state index contributed by atoms with van der Waals surface area (Å²) in [5.74, 6) is 1.84. The molecule has 4 aromatic carbocycles. The summed E-state index contributed by atoms with van der Waals surface area (Å²) in [5.41, 5.74) is 15.0. The molecule has 1 saturated heterocycles. The van der Waals surface area contributed by atoms with Gasteiger partial charge in [-0.25, -0.2) is 28.1 Å². The number of benzene rings is 4. The van der Waals surface area contributed by atoms with Crippen molar-refractivity contribution in [1.82, 2.24) is 34.4 Å². The predicted molar refractivity (Wildman–Crippen MR) is 258 cm³/mol. The van der Waals surface area contributed by atoms with Crippen LogP contribution in [0.25, 0.3) is 22.1 Å². The average Bonchev–Trinajstić information content (AvgIpc) is 3.82. The van der Waals surface area contributed by atoms with Crippen LogP contribution in [0.5, 0.6) is 34.5 Å². The monoisotopic (exact) mass is 1030 g/mol. The Bertz CT molecular complexity index is 2970. The van der Waals surface area contributed by atoms with E-state index in [0.717, 1.165) is 60.7 Å². The number of hydrogen-bond acceptors (Lipinski definition) is 12. The molecule has 4 aromatic heterocycles. The Labute approximate surface area is 396 Å². The Kier molecular flexibility index (Phi) is 13.9. The lowest BCUT2D eigenvalue weighted by molar-refractivity contribution is 0.263. The van der Waals surface area contributed by atoms with E-state index in [1.165, 1.54) is 12.1 Å². The molecule has 0 saturated carbocycles. The molecular formula is C46H43Cl2F2IN10O4. The molecule has 1 aliphatic heterocycles. The van der Waals surface area contributed by atoms with Crippen LogP contribution < -0.4 is 35.7 Å². The van der Waals surface area contributed by atoms with E-state index in [1.54, 1.807) is 43.4 Å². The van der Waals surface area contributed by atoms with Gasteiger partial charge in [0.25, 0.3) is 0 Å². The Hall–Kier alpha value is -6.15. The van der Waals surface area contributed by atoms with Crippen LogP contribution in [-0.4, -0.2) is 74.8 Å². The van der Waals surface area contributed by atoms with Gasteiger partial charge in [-0.1, -0.05) is 47.5 Å². The van der Waals surface area contributed by atoms with E-state index in [4.69, 9.17) is 58.7 Å². The van der Waals surface area contributed by atoms with Gasteiger partial charge in [0, 0.05) is 54.8 Å². The van der Waals surface area contributed by atoms with Crippen LogP contribution in [0.15, 0.2) is 97.3 Å². The number of methoxy groups -OCH3 is 2. The summed E-state index contributed by atoms with van der Waals surface area (Å²) in [7, 11) is 5.39. The number of likely N-dealkylation sites (tertiary alicyclic amines) is 1. The highest BCUT2D eigenvalue weighted by Crippen LogP contribution is 2.39. The zero-order valence-corrected chi connectivity index (χ0v) is 39.0. The lowest BCUT2D eigenvalue weighted by Gasteiger charge is -2.29. The number of aromatic nitrogens is 6. The number of hydrogen-bond donors (Lipinski definition) is 3. The number of anilines is 3. The number of nitrogens with zero attached hydrogens (tertiary/aromatic N) is 7. The number of rotatable bonds is 12. The van der Waals surface area contributed by atoms with Gasteiger partial charge >= 0.3 is 0 Å². The van der Waals surface area contributed by atoms with E-state index in [2.05, 4.69) is 54.9 Å². The number of halogens is 5. The molecule has 0 unspecified atom stereocenters. The Morgan fingerprint density at radius 2 is 1.14 bits per heavy atom. The zero-order valence-electron chi connectivity index (χ0n) is 35.4. The summed E-state index contributed by atoms with van der Waals surface area (Å²) >= 11 is 14.2. The lowest BCUT2D eigenvalue weighted by atomic mass is 10.1. The number of nitrogens with two attached hydrogens (primary N) is 2. The highest BCUT2D eigenvalue weighted by atomic mass is 127. The summed E-state index contributed by atoms with van der Waals surface area (Å²) in [6, 6.07) is 24.1. The summed E-state index contributed by atoms with van der Waals surface area (Å²) in [4.78, 5) is 11.3. The highest BCUT2D eigenvalue weighted by molar-refractivity contribution is 14.1. The molecule has 0 amide bonds. The number of nitrogens with one attached hydrogen (secondary N) is 1. The summed E-state index contributed by atoms with van der Waals surface area (Å²) < 4.78 is 55.5. The van der Waals surface area contributed by atoms with Crippen molar-refractivity contribution in [3.8, 4) is 34.5 Å². The van der Waals surface area contributed by atoms with Crippen molar-refractivity contribution in [3.63, 3.8) is 0 Å². The molecule has 0 atom stereocenters. The number of ether oxygens (including phenoxy) is 4. The second-order valence-corrected chi connectivity index (χ2v) is 17.0. The minimum atomic E-state index is -0.600. The van der Waals surface area contributed by atoms with Gasteiger partial charge in [-0.2, -0.15) is 10.2 Å². The molecule has 14 nitrogen and oxygen atoms in total. The summed E-state index contributed by atoms with van der Waals surface area (Å²) in [6.45, 7) is 3.01. The number of pyridine rings is 2. The maximum atomic E-state index is 14.7. The Morgan fingerprint density at radius 1 is 0.677 bits per heavy atom. The van der Waals surface area contributed by atoms with Gasteiger partial charge in [0.15, 0.2) is 40.2 Å². The third-order valence-corrected chi connectivity index (χ3v) is 12.1. The van der Waals surface area contributed by atoms with Crippen LogP contribution in [0.3, 0.4) is 0 Å². The van der Waals surface area contributed by atoms with Crippen molar-refractivity contribution in [2.75, 3.05) is 51.1 Å². The van der Waals surface area contributed by atoms with Crippen molar-refractivity contribution < 1.29 is 27.7 Å². The Balaban J connectivity index is 0.000000181. The van der Waals surface area contributed by atoms with Crippen LogP contribution in [0.4, 0.5) is 26.0 Å². The van der Waals surface area contributed by atoms with Gasteiger partial charge in [-0.3, -0.25) is 0 Å². The predicted octanol–water partition coefficient (Wildman–Crippen LogP) is 10.4. The minimum absolute atomic E-state index is 0.0181. The molecule has 9 rings (SSSR count). The van der Waals surface area contributed by atoms with Crippen LogP contribution in [-0.2, 0) is 13.1 Å². The first-order valence-corrected chi connectivity index (χ1v) is 22.1. The SMILES string of the molecule is COc1ccc(Cn2nc(I)c3c(Oc4cc(Cl)c(N)cc4F)ccnc32)cc1.COc1ccc(Cn2nc(NC3CCN(C)CC3)c3c(Oc4cc(Cl)c(N)cc4F)ccnc32)cc1. The fourth-order valence-corrected chi connectivity index (χ4v) is 8.30. The average molecular weight is 1040 g/mol. The first-order valence-electron chi connectivity index (χ1n) is 20.3.